The van der Waals surface area contributed by atoms with Crippen molar-refractivity contribution in [1.82, 2.24) is 0 Å². The summed E-state index contributed by atoms with van der Waals surface area (Å²) in [5.41, 5.74) is 1.21. The molecule has 0 saturated carbocycles. The topological polar surface area (TPSA) is 110 Å². The van der Waals surface area contributed by atoms with Gasteiger partial charge in [0.25, 0.3) is 0 Å². The number of phenols is 3. The lowest BCUT2D eigenvalue weighted by molar-refractivity contribution is -0.0710. The average molecular weight is 304 g/mol. The molecule has 1 heterocycles. The smallest absolute Gasteiger partial charge is 0.152 e. The van der Waals surface area contributed by atoms with Gasteiger partial charge in [-0.15, -0.1) is 0 Å². The minimum atomic E-state index is -1.36. The molecule has 1 aliphatic heterocycles. The number of aliphatic hydroxyl groups is 2. The van der Waals surface area contributed by atoms with Crippen LogP contribution in [0.1, 0.15) is 28.9 Å². The van der Waals surface area contributed by atoms with Gasteiger partial charge in [0.2, 0.25) is 0 Å². The van der Waals surface area contributed by atoms with Gasteiger partial charge in [0.1, 0.15) is 35.2 Å². The van der Waals surface area contributed by atoms with Crippen molar-refractivity contribution in [2.45, 2.75) is 25.2 Å². The molecule has 0 spiro atoms. The lowest BCUT2D eigenvalue weighted by Crippen LogP contribution is -2.34. The van der Waals surface area contributed by atoms with Crippen LogP contribution in [0.25, 0.3) is 0 Å². The van der Waals surface area contributed by atoms with E-state index in [4.69, 9.17) is 4.74 Å². The van der Waals surface area contributed by atoms with Crippen LogP contribution in [0.4, 0.5) is 0 Å². The Morgan fingerprint density at radius 3 is 2.36 bits per heavy atom. The first-order valence-electron chi connectivity index (χ1n) is 6.76. The highest BCUT2D eigenvalue weighted by molar-refractivity contribution is 5.53. The van der Waals surface area contributed by atoms with Gasteiger partial charge in [-0.25, -0.2) is 0 Å². The number of hydrogen-bond acceptors (Lipinski definition) is 6. The van der Waals surface area contributed by atoms with E-state index in [1.165, 1.54) is 12.1 Å². The van der Waals surface area contributed by atoms with Crippen LogP contribution in [-0.4, -0.2) is 31.6 Å². The van der Waals surface area contributed by atoms with E-state index < -0.39 is 18.3 Å². The summed E-state index contributed by atoms with van der Waals surface area (Å²) in [4.78, 5) is 0. The van der Waals surface area contributed by atoms with Gasteiger partial charge < -0.3 is 30.3 Å². The maximum Gasteiger partial charge on any atom is 0.152 e. The summed E-state index contributed by atoms with van der Waals surface area (Å²) >= 11 is 0. The normalized spacial score (nSPS) is 23.7. The van der Waals surface area contributed by atoms with Crippen molar-refractivity contribution < 1.29 is 30.3 Å². The summed E-state index contributed by atoms with van der Waals surface area (Å²) in [6.45, 7) is 1.70. The van der Waals surface area contributed by atoms with Crippen LogP contribution in [0.2, 0.25) is 0 Å². The molecule has 6 nitrogen and oxygen atoms in total. The quantitative estimate of drug-likeness (QED) is 0.548. The first-order valence-corrected chi connectivity index (χ1v) is 6.76. The maximum absolute atomic E-state index is 10.3. The van der Waals surface area contributed by atoms with E-state index in [0.717, 1.165) is 6.07 Å². The van der Waals surface area contributed by atoms with Gasteiger partial charge in [0, 0.05) is 12.1 Å². The first kappa shape index (κ1) is 14.5. The average Bonchev–Trinajstić information content (AvgIpc) is 2.45. The third kappa shape index (κ3) is 2.22. The second kappa shape index (κ2) is 5.08. The Balaban J connectivity index is 2.06. The molecule has 22 heavy (non-hydrogen) atoms. The number of aryl methyl sites for hydroxylation is 1. The molecule has 0 aromatic heterocycles. The van der Waals surface area contributed by atoms with E-state index >= 15 is 0 Å². The lowest BCUT2D eigenvalue weighted by atomic mass is 9.91. The number of hydrogen-bond donors (Lipinski definition) is 5. The summed E-state index contributed by atoms with van der Waals surface area (Å²) in [7, 11) is 0. The molecule has 1 aliphatic rings. The third-order valence-corrected chi connectivity index (χ3v) is 3.84. The molecule has 0 aliphatic carbocycles. The van der Waals surface area contributed by atoms with Gasteiger partial charge in [-0.1, -0.05) is 6.07 Å². The molecule has 3 atom stereocenters. The van der Waals surface area contributed by atoms with Crippen LogP contribution in [0.3, 0.4) is 0 Å². The molecule has 2 aromatic rings. The number of fused-ring (bicyclic) bond motifs is 1. The number of rotatable bonds is 1. The van der Waals surface area contributed by atoms with E-state index in [-0.39, 0.29) is 28.6 Å². The van der Waals surface area contributed by atoms with Crippen molar-refractivity contribution in [1.29, 1.82) is 0 Å². The Kier molecular flexibility index (Phi) is 3.35. The predicted molar refractivity (Wildman–Crippen MR) is 77.0 cm³/mol. The van der Waals surface area contributed by atoms with Crippen LogP contribution in [0.15, 0.2) is 30.3 Å². The van der Waals surface area contributed by atoms with Crippen LogP contribution in [0, 0.1) is 6.92 Å². The third-order valence-electron chi connectivity index (χ3n) is 3.84. The van der Waals surface area contributed by atoms with Gasteiger partial charge in [-0.3, -0.25) is 0 Å². The van der Waals surface area contributed by atoms with Gasteiger partial charge in [-0.05, 0) is 30.2 Å². The van der Waals surface area contributed by atoms with Gasteiger partial charge in [0.15, 0.2) is 6.10 Å². The largest absolute Gasteiger partial charge is 0.508 e. The Labute approximate surface area is 126 Å². The molecule has 2 aromatic carbocycles. The summed E-state index contributed by atoms with van der Waals surface area (Å²) in [6.07, 6.45) is -3.54. The van der Waals surface area contributed by atoms with Gasteiger partial charge in [0.05, 0.1) is 5.56 Å². The summed E-state index contributed by atoms with van der Waals surface area (Å²) in [5, 5.41) is 49.4. The Bertz CT molecular complexity index is 727. The SMILES string of the molecule is Cc1cc([C@H]2Oc3cc(O)cc(O)c3[C@H](O)[C@@H]2O)ccc1O. The Morgan fingerprint density at radius 2 is 1.68 bits per heavy atom. The fourth-order valence-electron chi connectivity index (χ4n) is 2.66. The van der Waals surface area contributed by atoms with Gasteiger partial charge >= 0.3 is 0 Å². The van der Waals surface area contributed by atoms with E-state index in [1.807, 2.05) is 0 Å². The highest BCUT2D eigenvalue weighted by atomic mass is 16.5. The number of aliphatic hydroxyl groups excluding tert-OH is 2. The number of aromatic hydroxyl groups is 3. The van der Waals surface area contributed by atoms with Crippen LogP contribution in [0.5, 0.6) is 23.0 Å². The predicted octanol–water partition coefficient (Wildman–Crippen LogP) is 1.64. The van der Waals surface area contributed by atoms with Crippen molar-refractivity contribution in [2.75, 3.05) is 0 Å². The number of ether oxygens (including phenoxy) is 1. The molecule has 0 saturated heterocycles. The number of phenolic OH excluding ortho intramolecular Hbond substituents is 3. The minimum Gasteiger partial charge on any atom is -0.508 e. The summed E-state index contributed by atoms with van der Waals surface area (Å²) in [6, 6.07) is 7.04. The fraction of sp³-hybridized carbons (Fsp3) is 0.250. The summed E-state index contributed by atoms with van der Waals surface area (Å²) < 4.78 is 5.65. The van der Waals surface area contributed by atoms with Crippen molar-refractivity contribution in [3.63, 3.8) is 0 Å². The van der Waals surface area contributed by atoms with Crippen molar-refractivity contribution >= 4 is 0 Å². The number of benzene rings is 2. The molecule has 6 heteroatoms. The van der Waals surface area contributed by atoms with Crippen molar-refractivity contribution in [3.8, 4) is 23.0 Å². The lowest BCUT2D eigenvalue weighted by Gasteiger charge is -2.35. The highest BCUT2D eigenvalue weighted by Crippen LogP contribution is 2.46. The second-order valence-corrected chi connectivity index (χ2v) is 5.40. The van der Waals surface area contributed by atoms with E-state index in [1.54, 1.807) is 19.1 Å². The zero-order valence-electron chi connectivity index (χ0n) is 11.8. The molecule has 5 N–H and O–H groups in total. The van der Waals surface area contributed by atoms with E-state index in [9.17, 15) is 25.5 Å². The molecule has 0 unspecified atom stereocenters. The monoisotopic (exact) mass is 304 g/mol. The van der Waals surface area contributed by atoms with Crippen LogP contribution in [-0.2, 0) is 0 Å². The van der Waals surface area contributed by atoms with Crippen LogP contribution < -0.4 is 4.74 Å². The molecular weight excluding hydrogens is 288 g/mol. The maximum atomic E-state index is 10.3. The Hall–Kier alpha value is -2.44. The first-order chi connectivity index (χ1) is 10.4. The van der Waals surface area contributed by atoms with Gasteiger partial charge in [-0.2, -0.15) is 0 Å². The zero-order chi connectivity index (χ0) is 16.0. The van der Waals surface area contributed by atoms with Crippen LogP contribution >= 0.6 is 0 Å². The molecule has 0 fully saturated rings. The fourth-order valence-corrected chi connectivity index (χ4v) is 2.66. The second-order valence-electron chi connectivity index (χ2n) is 5.40. The summed E-state index contributed by atoms with van der Waals surface area (Å²) in [5.74, 6) is -0.335. The molecule has 0 bridgehead atoms. The molecule has 0 radical (unpaired) electrons. The molecular formula is C16H16O6. The Morgan fingerprint density at radius 1 is 0.955 bits per heavy atom. The zero-order valence-corrected chi connectivity index (χ0v) is 11.8. The molecule has 0 amide bonds. The molecule has 116 valence electrons. The van der Waals surface area contributed by atoms with Crippen molar-refractivity contribution in [2.24, 2.45) is 0 Å². The van der Waals surface area contributed by atoms with E-state index in [2.05, 4.69) is 0 Å². The van der Waals surface area contributed by atoms with E-state index in [0.29, 0.717) is 11.1 Å². The molecule has 3 rings (SSSR count). The standard InChI is InChI=1S/C16H16O6/c1-7-4-8(2-3-10(7)18)16-15(21)14(20)13-11(19)5-9(17)6-12(13)22-16/h2-6,14-21H,1H3/t14-,15-,16+/m0/s1. The highest BCUT2D eigenvalue weighted by Gasteiger charge is 2.39. The van der Waals surface area contributed by atoms with Crippen molar-refractivity contribution in [3.05, 3.63) is 47.0 Å². The minimum absolute atomic E-state index is 0.0389.